The van der Waals surface area contributed by atoms with E-state index in [0.717, 1.165) is 5.56 Å². The molecule has 1 aliphatic rings. The Morgan fingerprint density at radius 2 is 2.26 bits per heavy atom. The van der Waals surface area contributed by atoms with Gasteiger partial charge in [0, 0.05) is 37.5 Å². The number of carbonyl (C=O) groups excluding carboxylic acids is 1. The van der Waals surface area contributed by atoms with Crippen LogP contribution in [0, 0.1) is 5.92 Å². The van der Waals surface area contributed by atoms with Gasteiger partial charge in [-0.05, 0) is 39.5 Å². The second kappa shape index (κ2) is 5.59. The van der Waals surface area contributed by atoms with Crippen molar-refractivity contribution in [3.8, 4) is 0 Å². The van der Waals surface area contributed by atoms with Crippen LogP contribution in [0.4, 0.5) is 0 Å². The molecule has 0 radical (unpaired) electrons. The minimum Gasteiger partial charge on any atom is -0.332 e. The summed E-state index contributed by atoms with van der Waals surface area (Å²) in [6.07, 6.45) is 8.06. The highest BCUT2D eigenvalue weighted by atomic mass is 16.2. The molecule has 0 bridgehead atoms. The molecule has 0 aliphatic heterocycles. The Morgan fingerprint density at radius 1 is 1.58 bits per heavy atom. The van der Waals surface area contributed by atoms with Crippen molar-refractivity contribution >= 4 is 5.91 Å². The predicted molar refractivity (Wildman–Crippen MR) is 75.4 cm³/mol. The maximum atomic E-state index is 12.4. The molecule has 4 nitrogen and oxygen atoms in total. The summed E-state index contributed by atoms with van der Waals surface area (Å²) in [6, 6.07) is 0.191. The maximum absolute atomic E-state index is 12.4. The summed E-state index contributed by atoms with van der Waals surface area (Å²) in [5.74, 6) is 0.764. The monoisotopic (exact) mass is 261 g/mol. The highest BCUT2D eigenvalue weighted by Crippen LogP contribution is 2.36. The number of amides is 1. The first-order chi connectivity index (χ1) is 8.97. The molecule has 1 aliphatic carbocycles. The number of nitrogens with zero attached hydrogens (tertiary/aromatic N) is 3. The van der Waals surface area contributed by atoms with E-state index >= 15 is 0 Å². The Balaban J connectivity index is 2.06. The van der Waals surface area contributed by atoms with Gasteiger partial charge >= 0.3 is 0 Å². The summed E-state index contributed by atoms with van der Waals surface area (Å²) in [7, 11) is 1.89. The van der Waals surface area contributed by atoms with Gasteiger partial charge in [0.05, 0.1) is 6.20 Å². The van der Waals surface area contributed by atoms with Crippen LogP contribution < -0.4 is 0 Å². The summed E-state index contributed by atoms with van der Waals surface area (Å²) >= 11 is 0. The smallest absolute Gasteiger partial charge is 0.247 e. The third kappa shape index (κ3) is 3.69. The van der Waals surface area contributed by atoms with E-state index in [2.05, 4.69) is 25.9 Å². The van der Waals surface area contributed by atoms with Gasteiger partial charge in [-0.1, -0.05) is 5.57 Å². The molecule has 104 valence electrons. The van der Waals surface area contributed by atoms with Gasteiger partial charge in [0.1, 0.15) is 0 Å². The van der Waals surface area contributed by atoms with E-state index in [4.69, 9.17) is 0 Å². The first kappa shape index (κ1) is 13.8. The van der Waals surface area contributed by atoms with Gasteiger partial charge in [-0.25, -0.2) is 0 Å². The normalized spacial score (nSPS) is 15.9. The van der Waals surface area contributed by atoms with E-state index in [9.17, 15) is 4.79 Å². The fourth-order valence-electron chi connectivity index (χ4n) is 2.20. The Morgan fingerprint density at radius 3 is 2.74 bits per heavy atom. The van der Waals surface area contributed by atoms with Crippen LogP contribution in [-0.2, 0) is 18.4 Å². The van der Waals surface area contributed by atoms with E-state index in [1.54, 1.807) is 4.68 Å². The highest BCUT2D eigenvalue weighted by Gasteiger charge is 2.25. The second-order valence-corrected chi connectivity index (χ2v) is 5.74. The summed E-state index contributed by atoms with van der Waals surface area (Å²) in [4.78, 5) is 14.3. The zero-order valence-corrected chi connectivity index (χ0v) is 12.3. The summed E-state index contributed by atoms with van der Waals surface area (Å²) < 4.78 is 1.77. The molecule has 1 aromatic rings. The largest absolute Gasteiger partial charge is 0.332 e. The standard InChI is InChI=1S/C15H23N3O/c1-11(2)18(10-13-8-16-17(4)9-13)15(19)7-12(3)14-5-6-14/h7-9,11,14H,5-6,10H2,1-4H3/b12-7+. The van der Waals surface area contributed by atoms with Gasteiger partial charge in [-0.2, -0.15) is 5.10 Å². The van der Waals surface area contributed by atoms with Crippen molar-refractivity contribution in [2.24, 2.45) is 13.0 Å². The summed E-state index contributed by atoms with van der Waals surface area (Å²) in [5, 5.41) is 4.15. The van der Waals surface area contributed by atoms with Crippen LogP contribution in [0.5, 0.6) is 0 Å². The van der Waals surface area contributed by atoms with Crippen LogP contribution in [0.1, 0.15) is 39.2 Å². The lowest BCUT2D eigenvalue weighted by atomic mass is 10.1. The van der Waals surface area contributed by atoms with Crippen molar-refractivity contribution < 1.29 is 4.79 Å². The summed E-state index contributed by atoms with van der Waals surface area (Å²) in [6.45, 7) is 6.79. The molecule has 0 spiro atoms. The third-order valence-corrected chi connectivity index (χ3v) is 3.59. The lowest BCUT2D eigenvalue weighted by molar-refractivity contribution is -0.128. The molecule has 4 heteroatoms. The van der Waals surface area contributed by atoms with Crippen LogP contribution in [0.2, 0.25) is 0 Å². The van der Waals surface area contributed by atoms with Crippen molar-refractivity contribution in [3.63, 3.8) is 0 Å². The molecular weight excluding hydrogens is 238 g/mol. The Bertz CT molecular complexity index is 483. The molecule has 2 rings (SSSR count). The number of allylic oxidation sites excluding steroid dienone is 1. The third-order valence-electron chi connectivity index (χ3n) is 3.59. The SMILES string of the molecule is C/C(=C\C(=O)N(Cc1cnn(C)c1)C(C)C)C1CC1. The van der Waals surface area contributed by atoms with Crippen LogP contribution in [0.3, 0.4) is 0 Å². The second-order valence-electron chi connectivity index (χ2n) is 5.74. The van der Waals surface area contributed by atoms with Gasteiger partial charge in [-0.3, -0.25) is 9.48 Å². The zero-order chi connectivity index (χ0) is 14.0. The predicted octanol–water partition coefficient (Wildman–Crippen LogP) is 2.51. The lowest BCUT2D eigenvalue weighted by Gasteiger charge is -2.25. The molecule has 0 N–H and O–H groups in total. The maximum Gasteiger partial charge on any atom is 0.247 e. The minimum absolute atomic E-state index is 0.114. The van der Waals surface area contributed by atoms with Crippen molar-refractivity contribution in [2.75, 3.05) is 0 Å². The van der Waals surface area contributed by atoms with Crippen molar-refractivity contribution in [3.05, 3.63) is 29.6 Å². The highest BCUT2D eigenvalue weighted by molar-refractivity contribution is 5.88. The van der Waals surface area contributed by atoms with Crippen LogP contribution in [-0.4, -0.2) is 26.6 Å². The fraction of sp³-hybridized carbons (Fsp3) is 0.600. The van der Waals surface area contributed by atoms with Crippen LogP contribution in [0.25, 0.3) is 0 Å². The van der Waals surface area contributed by atoms with Crippen molar-refractivity contribution in [1.29, 1.82) is 0 Å². The Labute approximate surface area is 115 Å². The van der Waals surface area contributed by atoms with E-state index in [1.807, 2.05) is 30.4 Å². The number of aromatic nitrogens is 2. The Kier molecular flexibility index (Phi) is 4.08. The van der Waals surface area contributed by atoms with Gasteiger partial charge in [0.25, 0.3) is 0 Å². The Hall–Kier alpha value is -1.58. The average Bonchev–Trinajstić information content (AvgIpc) is 3.10. The van der Waals surface area contributed by atoms with E-state index in [-0.39, 0.29) is 11.9 Å². The van der Waals surface area contributed by atoms with Gasteiger partial charge in [-0.15, -0.1) is 0 Å². The molecule has 19 heavy (non-hydrogen) atoms. The molecule has 1 aromatic heterocycles. The molecule has 0 saturated heterocycles. The average molecular weight is 261 g/mol. The minimum atomic E-state index is 0.114. The molecule has 1 fully saturated rings. The molecular formula is C15H23N3O. The van der Waals surface area contributed by atoms with Crippen molar-refractivity contribution in [1.82, 2.24) is 14.7 Å². The number of rotatable bonds is 5. The number of aryl methyl sites for hydroxylation is 1. The molecule has 1 saturated carbocycles. The van der Waals surface area contributed by atoms with E-state index in [0.29, 0.717) is 12.5 Å². The lowest BCUT2D eigenvalue weighted by Crippen LogP contribution is -2.35. The first-order valence-electron chi connectivity index (χ1n) is 6.93. The summed E-state index contributed by atoms with van der Waals surface area (Å²) in [5.41, 5.74) is 2.30. The van der Waals surface area contributed by atoms with Gasteiger partial charge in [0.2, 0.25) is 5.91 Å². The topological polar surface area (TPSA) is 38.1 Å². The van der Waals surface area contributed by atoms with E-state index < -0.39 is 0 Å². The molecule has 0 unspecified atom stereocenters. The van der Waals surface area contributed by atoms with Gasteiger partial charge in [0.15, 0.2) is 0 Å². The number of hydrogen-bond donors (Lipinski definition) is 0. The molecule has 1 heterocycles. The molecule has 0 atom stereocenters. The molecule has 1 amide bonds. The van der Waals surface area contributed by atoms with Gasteiger partial charge < -0.3 is 4.90 Å². The van der Waals surface area contributed by atoms with Crippen molar-refractivity contribution in [2.45, 2.75) is 46.2 Å². The fourth-order valence-corrected chi connectivity index (χ4v) is 2.20. The number of hydrogen-bond acceptors (Lipinski definition) is 2. The van der Waals surface area contributed by atoms with E-state index in [1.165, 1.54) is 18.4 Å². The van der Waals surface area contributed by atoms with Crippen LogP contribution in [0.15, 0.2) is 24.0 Å². The molecule has 0 aromatic carbocycles. The quantitative estimate of drug-likeness (QED) is 0.764. The van der Waals surface area contributed by atoms with Crippen LogP contribution >= 0.6 is 0 Å². The first-order valence-corrected chi connectivity index (χ1v) is 6.93. The number of carbonyl (C=O) groups is 1. The zero-order valence-electron chi connectivity index (χ0n) is 12.3.